The summed E-state index contributed by atoms with van der Waals surface area (Å²) in [5, 5.41) is 0. The molecule has 0 aliphatic carbocycles. The molecule has 0 unspecified atom stereocenters. The Balaban J connectivity index is 2.13. The molecule has 2 rings (SSSR count). The van der Waals surface area contributed by atoms with E-state index in [0.717, 1.165) is 31.6 Å². The van der Waals surface area contributed by atoms with Crippen molar-refractivity contribution in [3.63, 3.8) is 0 Å². The van der Waals surface area contributed by atoms with Gasteiger partial charge in [0.05, 0.1) is 4.90 Å². The first kappa shape index (κ1) is 17.3. The standard InChI is InChI=1S/C18H24N2O2S/c1-3-14-20(15-4-2)17-12-10-16(11-13-17)19-23(21,22)18-8-6-5-7-9-18/h5-13,19H,3-4,14-15H2,1-2H3. The maximum Gasteiger partial charge on any atom is 0.261 e. The number of sulfonamides is 1. The van der Waals surface area contributed by atoms with Crippen LogP contribution < -0.4 is 9.62 Å². The third-order valence-electron chi connectivity index (χ3n) is 3.53. The minimum atomic E-state index is -3.53. The molecule has 23 heavy (non-hydrogen) atoms. The predicted octanol–water partition coefficient (Wildman–Crippen LogP) is 4.11. The highest BCUT2D eigenvalue weighted by Crippen LogP contribution is 2.21. The van der Waals surface area contributed by atoms with Gasteiger partial charge in [0.25, 0.3) is 10.0 Å². The smallest absolute Gasteiger partial charge is 0.261 e. The van der Waals surface area contributed by atoms with E-state index in [-0.39, 0.29) is 4.90 Å². The molecule has 0 atom stereocenters. The van der Waals surface area contributed by atoms with E-state index in [9.17, 15) is 8.42 Å². The molecule has 0 fully saturated rings. The second-order valence-electron chi connectivity index (χ2n) is 5.45. The van der Waals surface area contributed by atoms with Gasteiger partial charge >= 0.3 is 0 Å². The van der Waals surface area contributed by atoms with Gasteiger partial charge in [-0.3, -0.25) is 4.72 Å². The van der Waals surface area contributed by atoms with Gasteiger partial charge in [0.1, 0.15) is 0 Å². The molecule has 0 bridgehead atoms. The molecule has 2 aromatic carbocycles. The van der Waals surface area contributed by atoms with E-state index in [1.807, 2.05) is 24.3 Å². The van der Waals surface area contributed by atoms with Crippen LogP contribution in [0.1, 0.15) is 26.7 Å². The van der Waals surface area contributed by atoms with Gasteiger partial charge in [-0.05, 0) is 49.2 Å². The average molecular weight is 332 g/mol. The normalized spacial score (nSPS) is 11.2. The molecule has 0 aromatic heterocycles. The molecule has 2 aromatic rings. The summed E-state index contributed by atoms with van der Waals surface area (Å²) in [6.45, 7) is 6.32. The molecule has 0 radical (unpaired) electrons. The Morgan fingerprint density at radius 1 is 0.870 bits per heavy atom. The Morgan fingerprint density at radius 3 is 1.96 bits per heavy atom. The quantitative estimate of drug-likeness (QED) is 0.791. The summed E-state index contributed by atoms with van der Waals surface area (Å²) in [5.74, 6) is 0. The molecule has 4 nitrogen and oxygen atoms in total. The van der Waals surface area contributed by atoms with Crippen LogP contribution in [0.25, 0.3) is 0 Å². The van der Waals surface area contributed by atoms with Gasteiger partial charge in [-0.15, -0.1) is 0 Å². The lowest BCUT2D eigenvalue weighted by Crippen LogP contribution is -2.24. The van der Waals surface area contributed by atoms with Crippen molar-refractivity contribution in [1.29, 1.82) is 0 Å². The van der Waals surface area contributed by atoms with Gasteiger partial charge < -0.3 is 4.90 Å². The summed E-state index contributed by atoms with van der Waals surface area (Å²) in [4.78, 5) is 2.58. The summed E-state index contributed by atoms with van der Waals surface area (Å²) in [5.41, 5.74) is 1.70. The minimum Gasteiger partial charge on any atom is -0.372 e. The summed E-state index contributed by atoms with van der Waals surface area (Å²) in [6, 6.07) is 16.0. The highest BCUT2D eigenvalue weighted by atomic mass is 32.2. The predicted molar refractivity (Wildman–Crippen MR) is 96.5 cm³/mol. The minimum absolute atomic E-state index is 0.266. The number of anilines is 2. The molecule has 5 heteroatoms. The van der Waals surface area contributed by atoms with Crippen LogP contribution in [0.2, 0.25) is 0 Å². The molecule has 0 saturated carbocycles. The fraction of sp³-hybridized carbons (Fsp3) is 0.333. The van der Waals surface area contributed by atoms with Crippen molar-refractivity contribution in [1.82, 2.24) is 0 Å². The number of benzene rings is 2. The summed E-state index contributed by atoms with van der Waals surface area (Å²) in [7, 11) is -3.53. The van der Waals surface area contributed by atoms with Crippen molar-refractivity contribution in [3.05, 3.63) is 54.6 Å². The van der Waals surface area contributed by atoms with Crippen molar-refractivity contribution in [3.8, 4) is 0 Å². The number of hydrogen-bond donors (Lipinski definition) is 1. The molecule has 1 N–H and O–H groups in total. The molecule has 124 valence electrons. The van der Waals surface area contributed by atoms with Crippen LogP contribution in [0.15, 0.2) is 59.5 Å². The van der Waals surface area contributed by atoms with E-state index in [0.29, 0.717) is 5.69 Å². The fourth-order valence-electron chi connectivity index (χ4n) is 2.46. The molecule has 0 amide bonds. The van der Waals surface area contributed by atoms with Crippen LogP contribution >= 0.6 is 0 Å². The summed E-state index contributed by atoms with van der Waals surface area (Å²) >= 11 is 0. The summed E-state index contributed by atoms with van der Waals surface area (Å²) < 4.78 is 27.2. The fourth-order valence-corrected chi connectivity index (χ4v) is 3.54. The third kappa shape index (κ3) is 4.73. The van der Waals surface area contributed by atoms with Gasteiger partial charge in [0.2, 0.25) is 0 Å². The van der Waals surface area contributed by atoms with Gasteiger partial charge in [-0.25, -0.2) is 8.42 Å². The third-order valence-corrected chi connectivity index (χ3v) is 4.92. The highest BCUT2D eigenvalue weighted by Gasteiger charge is 2.13. The van der Waals surface area contributed by atoms with E-state index in [2.05, 4.69) is 23.5 Å². The number of nitrogens with zero attached hydrogens (tertiary/aromatic N) is 1. The Labute approximate surface area is 139 Å². The lowest BCUT2D eigenvalue weighted by molar-refractivity contribution is 0.601. The number of nitrogens with one attached hydrogen (secondary N) is 1. The zero-order valence-corrected chi connectivity index (χ0v) is 14.5. The van der Waals surface area contributed by atoms with Crippen LogP contribution in [-0.4, -0.2) is 21.5 Å². The maximum atomic E-state index is 12.3. The first-order valence-corrected chi connectivity index (χ1v) is 9.48. The molecule has 0 aliphatic rings. The summed E-state index contributed by atoms with van der Waals surface area (Å²) in [6.07, 6.45) is 2.17. The molecule has 0 saturated heterocycles. The molecular weight excluding hydrogens is 308 g/mol. The van der Waals surface area contributed by atoms with Crippen LogP contribution in [-0.2, 0) is 10.0 Å². The number of hydrogen-bond acceptors (Lipinski definition) is 3. The first-order chi connectivity index (χ1) is 11.1. The SMILES string of the molecule is CCCN(CCC)c1ccc(NS(=O)(=O)c2ccccc2)cc1. The molecule has 0 spiro atoms. The lowest BCUT2D eigenvalue weighted by atomic mass is 10.2. The van der Waals surface area contributed by atoms with Gasteiger partial charge in [0.15, 0.2) is 0 Å². The van der Waals surface area contributed by atoms with Crippen molar-refractivity contribution in [2.45, 2.75) is 31.6 Å². The Morgan fingerprint density at radius 2 is 1.43 bits per heavy atom. The number of rotatable bonds is 8. The van der Waals surface area contributed by atoms with Crippen molar-refractivity contribution in [2.24, 2.45) is 0 Å². The second kappa shape index (κ2) is 8.02. The van der Waals surface area contributed by atoms with Gasteiger partial charge in [0, 0.05) is 24.5 Å². The zero-order valence-electron chi connectivity index (χ0n) is 13.7. The van der Waals surface area contributed by atoms with Crippen LogP contribution in [0.4, 0.5) is 11.4 Å². The van der Waals surface area contributed by atoms with Crippen LogP contribution in [0.3, 0.4) is 0 Å². The average Bonchev–Trinajstić information content (AvgIpc) is 2.56. The van der Waals surface area contributed by atoms with E-state index in [1.165, 1.54) is 0 Å². The zero-order chi connectivity index (χ0) is 16.7. The molecular formula is C18H24N2O2S. The molecule has 0 aliphatic heterocycles. The van der Waals surface area contributed by atoms with Crippen molar-refractivity contribution in [2.75, 3.05) is 22.7 Å². The Kier molecular flexibility index (Phi) is 6.04. The Hall–Kier alpha value is -2.01. The Bertz CT molecular complexity index is 692. The van der Waals surface area contributed by atoms with E-state index in [1.54, 1.807) is 30.3 Å². The lowest BCUT2D eigenvalue weighted by Gasteiger charge is -2.24. The van der Waals surface area contributed by atoms with Crippen molar-refractivity contribution >= 4 is 21.4 Å². The molecule has 0 heterocycles. The van der Waals surface area contributed by atoms with Gasteiger partial charge in [-0.2, -0.15) is 0 Å². The second-order valence-corrected chi connectivity index (χ2v) is 7.13. The maximum absolute atomic E-state index is 12.3. The van der Waals surface area contributed by atoms with Crippen LogP contribution in [0, 0.1) is 0 Å². The highest BCUT2D eigenvalue weighted by molar-refractivity contribution is 7.92. The largest absolute Gasteiger partial charge is 0.372 e. The van der Waals surface area contributed by atoms with E-state index >= 15 is 0 Å². The van der Waals surface area contributed by atoms with E-state index in [4.69, 9.17) is 0 Å². The first-order valence-electron chi connectivity index (χ1n) is 7.99. The van der Waals surface area contributed by atoms with Crippen molar-refractivity contribution < 1.29 is 8.42 Å². The van der Waals surface area contributed by atoms with Crippen LogP contribution in [0.5, 0.6) is 0 Å². The topological polar surface area (TPSA) is 49.4 Å². The van der Waals surface area contributed by atoms with Gasteiger partial charge in [-0.1, -0.05) is 32.0 Å². The van der Waals surface area contributed by atoms with E-state index < -0.39 is 10.0 Å². The monoisotopic (exact) mass is 332 g/mol.